The van der Waals surface area contributed by atoms with Gasteiger partial charge in [0.25, 0.3) is 5.91 Å². The molecule has 1 aromatic carbocycles. The Labute approximate surface area is 155 Å². The predicted octanol–water partition coefficient (Wildman–Crippen LogP) is 4.05. The fraction of sp³-hybridized carbons (Fsp3) is 0.500. The van der Waals surface area contributed by atoms with E-state index >= 15 is 0 Å². The molecule has 0 aliphatic rings. The monoisotopic (exact) mass is 359 g/mol. The number of rotatable bonds is 10. The summed E-state index contributed by atoms with van der Waals surface area (Å²) in [6, 6.07) is 10.4. The number of aromatic nitrogens is 1. The average Bonchev–Trinajstić information content (AvgIpc) is 2.98. The summed E-state index contributed by atoms with van der Waals surface area (Å²) >= 11 is 1.54. The molecule has 2 aromatic rings. The predicted molar refractivity (Wildman–Crippen MR) is 105 cm³/mol. The number of carbonyl (C=O) groups is 1. The highest BCUT2D eigenvalue weighted by Crippen LogP contribution is 2.19. The molecule has 1 N–H and O–H groups in total. The third-order valence-corrected chi connectivity index (χ3v) is 5.30. The Hall–Kier alpha value is -1.72. The Morgan fingerprint density at radius 1 is 1.24 bits per heavy atom. The molecule has 0 unspecified atom stereocenters. The van der Waals surface area contributed by atoms with E-state index in [0.29, 0.717) is 6.54 Å². The van der Waals surface area contributed by atoms with E-state index in [4.69, 9.17) is 0 Å². The highest BCUT2D eigenvalue weighted by Gasteiger charge is 2.14. The van der Waals surface area contributed by atoms with Crippen molar-refractivity contribution in [3.63, 3.8) is 0 Å². The van der Waals surface area contributed by atoms with Crippen LogP contribution in [0.2, 0.25) is 0 Å². The Morgan fingerprint density at radius 3 is 2.72 bits per heavy atom. The summed E-state index contributed by atoms with van der Waals surface area (Å²) < 4.78 is 0. The first kappa shape index (κ1) is 19.6. The largest absolute Gasteiger partial charge is 0.351 e. The fourth-order valence-electron chi connectivity index (χ4n) is 2.70. The third kappa shape index (κ3) is 6.59. The van der Waals surface area contributed by atoms with Crippen LogP contribution in [0.15, 0.2) is 30.3 Å². The second kappa shape index (κ2) is 10.3. The Balaban J connectivity index is 1.70. The zero-order valence-corrected chi connectivity index (χ0v) is 16.4. The number of hydrogen-bond donors (Lipinski definition) is 1. The maximum atomic E-state index is 12.3. The van der Waals surface area contributed by atoms with Crippen LogP contribution < -0.4 is 5.32 Å². The maximum Gasteiger partial charge on any atom is 0.263 e. The molecule has 25 heavy (non-hydrogen) atoms. The quantitative estimate of drug-likeness (QED) is 0.651. The highest BCUT2D eigenvalue weighted by molar-refractivity contribution is 7.13. The van der Waals surface area contributed by atoms with Gasteiger partial charge in [0.1, 0.15) is 4.88 Å². The number of nitrogens with zero attached hydrogens (tertiary/aromatic N) is 2. The van der Waals surface area contributed by atoms with Crippen molar-refractivity contribution in [3.05, 3.63) is 51.5 Å². The molecule has 1 amide bonds. The van der Waals surface area contributed by atoms with Crippen LogP contribution in [0.5, 0.6) is 0 Å². The summed E-state index contributed by atoms with van der Waals surface area (Å²) in [5.41, 5.74) is 2.17. The van der Waals surface area contributed by atoms with Gasteiger partial charge in [-0.05, 0) is 45.3 Å². The lowest BCUT2D eigenvalue weighted by atomic mass is 10.2. The van der Waals surface area contributed by atoms with E-state index in [0.717, 1.165) is 54.4 Å². The zero-order chi connectivity index (χ0) is 18.1. The van der Waals surface area contributed by atoms with E-state index in [-0.39, 0.29) is 5.91 Å². The van der Waals surface area contributed by atoms with Gasteiger partial charge in [0.2, 0.25) is 0 Å². The molecule has 0 spiro atoms. The topological polar surface area (TPSA) is 45.2 Å². The van der Waals surface area contributed by atoms with Gasteiger partial charge in [-0.25, -0.2) is 4.98 Å². The second-order valence-electron chi connectivity index (χ2n) is 6.46. The molecule has 0 bridgehead atoms. The van der Waals surface area contributed by atoms with Crippen molar-refractivity contribution in [3.8, 4) is 0 Å². The van der Waals surface area contributed by atoms with Gasteiger partial charge >= 0.3 is 0 Å². The van der Waals surface area contributed by atoms with E-state index in [1.165, 1.54) is 5.56 Å². The number of nitrogens with one attached hydrogen (secondary N) is 1. The molecule has 0 fully saturated rings. The van der Waals surface area contributed by atoms with Crippen LogP contribution in [0, 0.1) is 6.92 Å². The fourth-order valence-corrected chi connectivity index (χ4v) is 3.73. The Bertz CT molecular complexity index is 654. The molecule has 4 nitrogen and oxygen atoms in total. The van der Waals surface area contributed by atoms with E-state index < -0.39 is 0 Å². The van der Waals surface area contributed by atoms with Gasteiger partial charge in [-0.1, -0.05) is 43.7 Å². The van der Waals surface area contributed by atoms with Gasteiger partial charge in [-0.2, -0.15) is 0 Å². The molecule has 0 radical (unpaired) electrons. The molecular weight excluding hydrogens is 330 g/mol. The number of hydrogen-bond acceptors (Lipinski definition) is 4. The SMILES string of the molecule is CCCCc1nc(C)c(C(=O)NCCCN(C)Cc2ccccc2)s1. The van der Waals surface area contributed by atoms with Gasteiger partial charge in [0.15, 0.2) is 0 Å². The van der Waals surface area contributed by atoms with Crippen molar-refractivity contribution in [1.82, 2.24) is 15.2 Å². The highest BCUT2D eigenvalue weighted by atomic mass is 32.1. The van der Waals surface area contributed by atoms with Crippen molar-refractivity contribution >= 4 is 17.2 Å². The first-order valence-electron chi connectivity index (χ1n) is 9.07. The minimum Gasteiger partial charge on any atom is -0.351 e. The van der Waals surface area contributed by atoms with Crippen molar-refractivity contribution in [2.75, 3.05) is 20.1 Å². The van der Waals surface area contributed by atoms with Crippen molar-refractivity contribution < 1.29 is 4.79 Å². The van der Waals surface area contributed by atoms with Crippen LogP contribution in [0.3, 0.4) is 0 Å². The zero-order valence-electron chi connectivity index (χ0n) is 15.5. The molecule has 0 atom stereocenters. The van der Waals surface area contributed by atoms with Crippen molar-refractivity contribution in [2.45, 2.75) is 46.1 Å². The van der Waals surface area contributed by atoms with Gasteiger partial charge in [-0.3, -0.25) is 4.79 Å². The number of aryl methyl sites for hydroxylation is 2. The first-order chi connectivity index (χ1) is 12.1. The molecule has 1 heterocycles. The van der Waals surface area contributed by atoms with E-state index in [1.807, 2.05) is 13.0 Å². The lowest BCUT2D eigenvalue weighted by molar-refractivity contribution is 0.0955. The number of benzene rings is 1. The van der Waals surface area contributed by atoms with Crippen LogP contribution in [-0.2, 0) is 13.0 Å². The molecule has 0 aliphatic carbocycles. The average molecular weight is 360 g/mol. The summed E-state index contributed by atoms with van der Waals surface area (Å²) in [6.07, 6.45) is 4.19. The minimum absolute atomic E-state index is 0.0171. The number of carbonyl (C=O) groups excluding carboxylic acids is 1. The molecule has 1 aromatic heterocycles. The lowest BCUT2D eigenvalue weighted by Gasteiger charge is -2.16. The van der Waals surface area contributed by atoms with Gasteiger partial charge in [-0.15, -0.1) is 11.3 Å². The molecule has 0 saturated carbocycles. The van der Waals surface area contributed by atoms with Gasteiger partial charge in [0.05, 0.1) is 10.7 Å². The van der Waals surface area contributed by atoms with Crippen molar-refractivity contribution in [2.24, 2.45) is 0 Å². The maximum absolute atomic E-state index is 12.3. The normalized spacial score (nSPS) is 11.0. The van der Waals surface area contributed by atoms with E-state index in [9.17, 15) is 4.79 Å². The minimum atomic E-state index is 0.0171. The molecular formula is C20H29N3OS. The summed E-state index contributed by atoms with van der Waals surface area (Å²) in [4.78, 5) is 19.9. The molecule has 0 aliphatic heterocycles. The van der Waals surface area contributed by atoms with Crippen molar-refractivity contribution in [1.29, 1.82) is 0 Å². The standard InChI is InChI=1S/C20H29N3OS/c1-4-5-12-18-22-16(2)19(25-18)20(24)21-13-9-14-23(3)15-17-10-7-6-8-11-17/h6-8,10-11H,4-5,9,12-15H2,1-3H3,(H,21,24). The van der Waals surface area contributed by atoms with E-state index in [1.54, 1.807) is 11.3 Å². The Morgan fingerprint density at radius 2 is 2.00 bits per heavy atom. The first-order valence-corrected chi connectivity index (χ1v) is 9.88. The van der Waals surface area contributed by atoms with Crippen LogP contribution in [-0.4, -0.2) is 35.9 Å². The third-order valence-electron chi connectivity index (χ3n) is 4.09. The number of unbranched alkanes of at least 4 members (excludes halogenated alkanes) is 1. The summed E-state index contributed by atoms with van der Waals surface area (Å²) in [5, 5.41) is 4.11. The molecule has 5 heteroatoms. The molecule has 2 rings (SSSR count). The van der Waals surface area contributed by atoms with Crippen LogP contribution in [0.1, 0.15) is 52.1 Å². The van der Waals surface area contributed by atoms with Gasteiger partial charge in [0, 0.05) is 13.1 Å². The number of amides is 1. The van der Waals surface area contributed by atoms with Crippen LogP contribution >= 0.6 is 11.3 Å². The van der Waals surface area contributed by atoms with Crippen LogP contribution in [0.25, 0.3) is 0 Å². The number of thiazole rings is 1. The van der Waals surface area contributed by atoms with Crippen LogP contribution in [0.4, 0.5) is 0 Å². The molecule has 0 saturated heterocycles. The van der Waals surface area contributed by atoms with E-state index in [2.05, 4.69) is 53.4 Å². The molecule has 136 valence electrons. The van der Waals surface area contributed by atoms with Gasteiger partial charge < -0.3 is 10.2 Å². The Kier molecular flexibility index (Phi) is 8.09. The summed E-state index contributed by atoms with van der Waals surface area (Å²) in [5.74, 6) is 0.0171. The summed E-state index contributed by atoms with van der Waals surface area (Å²) in [7, 11) is 2.11. The summed E-state index contributed by atoms with van der Waals surface area (Å²) in [6.45, 7) is 6.68. The second-order valence-corrected chi connectivity index (χ2v) is 7.54. The smallest absolute Gasteiger partial charge is 0.263 e. The lowest BCUT2D eigenvalue weighted by Crippen LogP contribution is -2.28.